The number of nitrogens with one attached hydrogen (secondary N) is 2. The summed E-state index contributed by atoms with van der Waals surface area (Å²) in [7, 11) is 0. The number of thiazole rings is 1. The summed E-state index contributed by atoms with van der Waals surface area (Å²) in [6, 6.07) is 7.79. The van der Waals surface area contributed by atoms with Gasteiger partial charge >= 0.3 is 11.0 Å². The summed E-state index contributed by atoms with van der Waals surface area (Å²) in [5, 5.41) is 13.4. The van der Waals surface area contributed by atoms with Crippen molar-refractivity contribution in [3.8, 4) is 6.07 Å². The monoisotopic (exact) mass is 508 g/mol. The third kappa shape index (κ3) is 4.85. The summed E-state index contributed by atoms with van der Waals surface area (Å²) in [5.74, 6) is 0.727. The van der Waals surface area contributed by atoms with Crippen molar-refractivity contribution < 1.29 is 9.53 Å². The number of aromatic nitrogens is 3. The van der Waals surface area contributed by atoms with E-state index in [1.165, 1.54) is 21.8 Å². The summed E-state index contributed by atoms with van der Waals surface area (Å²) in [4.78, 5) is 39.5. The second-order valence-corrected chi connectivity index (χ2v) is 10.5. The molecule has 3 heterocycles. The first-order valence-corrected chi connectivity index (χ1v) is 13.2. The van der Waals surface area contributed by atoms with Crippen LogP contribution in [0.2, 0.25) is 0 Å². The van der Waals surface area contributed by atoms with Crippen molar-refractivity contribution in [2.45, 2.75) is 45.1 Å². The van der Waals surface area contributed by atoms with Crippen LogP contribution in [-0.2, 0) is 17.6 Å². The Balaban J connectivity index is 1.36. The fourth-order valence-corrected chi connectivity index (χ4v) is 6.35. The molecule has 2 N–H and O–H groups in total. The standard InChI is InChI=1S/C24H24N6O3S2/c1-2-3-9-30(10-8-25)24(32)33-15-5-6-16-18(12-15)34-22-20(16)21(26-13-27-22)28-14-4-7-17-19(11-14)35-23(31)29-17/h4,7,11,13,15H,2-3,5-6,9-10,12H2,1H3,(H,29,31)(H,26,27,28). The van der Waals surface area contributed by atoms with Crippen LogP contribution in [0.3, 0.4) is 0 Å². The van der Waals surface area contributed by atoms with E-state index in [9.17, 15) is 9.59 Å². The quantitative estimate of drug-likeness (QED) is 0.338. The molecular formula is C24H24N6O3S2. The van der Waals surface area contributed by atoms with E-state index in [2.05, 4.69) is 26.3 Å². The fourth-order valence-electron chi connectivity index (χ4n) is 4.32. The molecule has 0 saturated carbocycles. The zero-order chi connectivity index (χ0) is 24.4. The van der Waals surface area contributed by atoms with E-state index in [4.69, 9.17) is 10.00 Å². The molecule has 0 saturated heterocycles. The van der Waals surface area contributed by atoms with Gasteiger partial charge in [0.25, 0.3) is 0 Å². The summed E-state index contributed by atoms with van der Waals surface area (Å²) in [6.07, 6.45) is 4.77. The van der Waals surface area contributed by atoms with E-state index in [0.29, 0.717) is 19.4 Å². The Kier molecular flexibility index (Phi) is 6.66. The van der Waals surface area contributed by atoms with Crippen molar-refractivity contribution >= 4 is 60.7 Å². The van der Waals surface area contributed by atoms with Gasteiger partial charge in [-0.15, -0.1) is 11.3 Å². The van der Waals surface area contributed by atoms with E-state index in [1.54, 1.807) is 17.7 Å². The second kappa shape index (κ2) is 10.0. The summed E-state index contributed by atoms with van der Waals surface area (Å²) in [5.41, 5.74) is 2.85. The number of aryl methyl sites for hydroxylation is 1. The van der Waals surface area contributed by atoms with Gasteiger partial charge in [-0.05, 0) is 43.0 Å². The molecule has 1 atom stereocenters. The Morgan fingerprint density at radius 1 is 1.37 bits per heavy atom. The highest BCUT2D eigenvalue weighted by atomic mass is 32.1. The fraction of sp³-hybridized carbons (Fsp3) is 0.375. The molecule has 5 rings (SSSR count). The van der Waals surface area contributed by atoms with Gasteiger partial charge < -0.3 is 15.0 Å². The van der Waals surface area contributed by atoms with Gasteiger partial charge in [-0.2, -0.15) is 5.26 Å². The minimum absolute atomic E-state index is 0.0374. The Hall–Kier alpha value is -3.49. The van der Waals surface area contributed by atoms with Gasteiger partial charge in [0.1, 0.15) is 29.6 Å². The number of amides is 1. The Labute approximate surface area is 209 Å². The maximum atomic E-state index is 12.6. The number of aromatic amines is 1. The molecule has 3 aromatic heterocycles. The van der Waals surface area contributed by atoms with Crippen LogP contribution in [0.5, 0.6) is 0 Å². The summed E-state index contributed by atoms with van der Waals surface area (Å²) in [6.45, 7) is 2.61. The third-order valence-electron chi connectivity index (χ3n) is 6.05. The van der Waals surface area contributed by atoms with Crippen LogP contribution >= 0.6 is 22.7 Å². The second-order valence-electron chi connectivity index (χ2n) is 8.44. The van der Waals surface area contributed by atoms with Gasteiger partial charge in [0.2, 0.25) is 0 Å². The number of anilines is 2. The molecule has 1 aromatic carbocycles. The molecule has 1 aliphatic rings. The first-order chi connectivity index (χ1) is 17.1. The number of rotatable bonds is 7. The third-order valence-corrected chi connectivity index (χ3v) is 8.06. The zero-order valence-corrected chi connectivity index (χ0v) is 20.8. The molecule has 4 aromatic rings. The van der Waals surface area contributed by atoms with E-state index < -0.39 is 6.09 Å². The highest BCUT2D eigenvalue weighted by Crippen LogP contribution is 2.39. The Bertz CT molecular complexity index is 1480. The molecular weight excluding hydrogens is 484 g/mol. The first-order valence-electron chi connectivity index (χ1n) is 11.5. The van der Waals surface area contributed by atoms with Crippen LogP contribution in [0.4, 0.5) is 16.3 Å². The van der Waals surface area contributed by atoms with Crippen LogP contribution in [0, 0.1) is 11.3 Å². The topological polar surface area (TPSA) is 124 Å². The number of carbonyl (C=O) groups excluding carboxylic acids is 1. The molecule has 1 amide bonds. The number of carbonyl (C=O) groups is 1. The molecule has 11 heteroatoms. The van der Waals surface area contributed by atoms with E-state index in [1.807, 2.05) is 25.1 Å². The van der Waals surface area contributed by atoms with E-state index in [0.717, 1.165) is 56.1 Å². The van der Waals surface area contributed by atoms with Crippen molar-refractivity contribution in [1.29, 1.82) is 5.26 Å². The highest BCUT2D eigenvalue weighted by Gasteiger charge is 2.28. The molecule has 0 bridgehead atoms. The van der Waals surface area contributed by atoms with Gasteiger partial charge in [-0.3, -0.25) is 9.69 Å². The number of unbranched alkanes of at least 4 members (excludes halogenated alkanes) is 1. The normalized spacial score (nSPS) is 15.0. The highest BCUT2D eigenvalue weighted by molar-refractivity contribution is 7.19. The molecule has 1 unspecified atom stereocenters. The van der Waals surface area contributed by atoms with Crippen molar-refractivity contribution in [3.63, 3.8) is 0 Å². The first kappa shape index (κ1) is 23.3. The Morgan fingerprint density at radius 2 is 2.26 bits per heavy atom. The maximum absolute atomic E-state index is 12.6. The number of benzene rings is 1. The van der Waals surface area contributed by atoms with Gasteiger partial charge in [-0.1, -0.05) is 24.7 Å². The average molecular weight is 509 g/mol. The number of hydrogen-bond acceptors (Lipinski definition) is 9. The predicted molar refractivity (Wildman–Crippen MR) is 138 cm³/mol. The van der Waals surface area contributed by atoms with E-state index >= 15 is 0 Å². The number of nitrogens with zero attached hydrogens (tertiary/aromatic N) is 4. The minimum Gasteiger partial charge on any atom is -0.446 e. The number of fused-ring (bicyclic) bond motifs is 4. The maximum Gasteiger partial charge on any atom is 0.410 e. The lowest BCUT2D eigenvalue weighted by Crippen LogP contribution is -2.36. The molecule has 35 heavy (non-hydrogen) atoms. The van der Waals surface area contributed by atoms with Gasteiger partial charge in [0.05, 0.1) is 21.7 Å². The molecule has 1 aliphatic carbocycles. The lowest BCUT2D eigenvalue weighted by Gasteiger charge is -2.26. The molecule has 9 nitrogen and oxygen atoms in total. The number of nitriles is 1. The number of hydrogen-bond donors (Lipinski definition) is 2. The van der Waals surface area contributed by atoms with Crippen LogP contribution in [0.1, 0.15) is 36.6 Å². The zero-order valence-electron chi connectivity index (χ0n) is 19.2. The number of H-pyrrole nitrogens is 1. The number of thiophene rings is 1. The molecule has 0 fully saturated rings. The smallest absolute Gasteiger partial charge is 0.410 e. The van der Waals surface area contributed by atoms with Crippen molar-refractivity contribution in [2.75, 3.05) is 18.4 Å². The van der Waals surface area contributed by atoms with Crippen molar-refractivity contribution in [3.05, 3.63) is 44.6 Å². The summed E-state index contributed by atoms with van der Waals surface area (Å²) >= 11 is 2.78. The van der Waals surface area contributed by atoms with Crippen molar-refractivity contribution in [1.82, 2.24) is 19.9 Å². The minimum atomic E-state index is -0.417. The Morgan fingerprint density at radius 3 is 3.09 bits per heavy atom. The average Bonchev–Trinajstić information content (AvgIpc) is 3.40. The van der Waals surface area contributed by atoms with Crippen LogP contribution in [-0.4, -0.2) is 45.1 Å². The lowest BCUT2D eigenvalue weighted by molar-refractivity contribution is 0.0599. The van der Waals surface area contributed by atoms with Gasteiger partial charge in [-0.25, -0.2) is 14.8 Å². The molecule has 180 valence electrons. The SMILES string of the molecule is CCCCN(CC#N)C(=O)OC1CCc2c(sc3ncnc(Nc4ccc5[nH]c(=O)sc5c4)c23)C1. The van der Waals surface area contributed by atoms with Crippen LogP contribution in [0.25, 0.3) is 20.4 Å². The van der Waals surface area contributed by atoms with Crippen LogP contribution in [0.15, 0.2) is 29.3 Å². The summed E-state index contributed by atoms with van der Waals surface area (Å²) < 4.78 is 6.67. The van der Waals surface area contributed by atoms with E-state index in [-0.39, 0.29) is 17.5 Å². The molecule has 0 spiro atoms. The molecule has 0 aliphatic heterocycles. The molecule has 0 radical (unpaired) electrons. The van der Waals surface area contributed by atoms with Gasteiger partial charge in [0, 0.05) is 23.5 Å². The largest absolute Gasteiger partial charge is 0.446 e. The van der Waals surface area contributed by atoms with Crippen LogP contribution < -0.4 is 10.2 Å². The van der Waals surface area contributed by atoms with Gasteiger partial charge in [0.15, 0.2) is 0 Å². The lowest BCUT2D eigenvalue weighted by atomic mass is 9.94. The number of ether oxygens (including phenoxy) is 1. The predicted octanol–water partition coefficient (Wildman–Crippen LogP) is 4.96. The van der Waals surface area contributed by atoms with Crippen molar-refractivity contribution in [2.24, 2.45) is 0 Å².